The standard InChI is InChI=1S/C19H19NO3.C4H5BrO2/c1-14-7-9-16(10-8-14)18(21)20(17-11-12-23-19(17)22)13-15-5-3-2-4-6-15;5-3-1-2-7-4(3)6/h2-10,17H,11-13H2,1H3;3H,1-2H2. The molecule has 2 aliphatic heterocycles. The topological polar surface area (TPSA) is 72.9 Å². The quantitative estimate of drug-likeness (QED) is 0.500. The first-order valence-corrected chi connectivity index (χ1v) is 10.8. The predicted molar refractivity (Wildman–Crippen MR) is 115 cm³/mol. The molecule has 0 radical (unpaired) electrons. The van der Waals surface area contributed by atoms with Gasteiger partial charge in [-0.2, -0.15) is 0 Å². The number of carbonyl (C=O) groups excluding carboxylic acids is 3. The van der Waals surface area contributed by atoms with Crippen LogP contribution in [0.3, 0.4) is 0 Å². The minimum Gasteiger partial charge on any atom is -0.465 e. The lowest BCUT2D eigenvalue weighted by Gasteiger charge is -2.26. The highest BCUT2D eigenvalue weighted by Gasteiger charge is 2.35. The molecular weight excluding hydrogens is 450 g/mol. The smallest absolute Gasteiger partial charge is 0.329 e. The molecule has 0 aromatic heterocycles. The number of esters is 2. The minimum atomic E-state index is -0.510. The SMILES string of the molecule is Cc1ccc(C(=O)N(Cc2ccccc2)C2CCOC2=O)cc1.O=C1OCCC1Br. The molecule has 1 amide bonds. The van der Waals surface area contributed by atoms with Crippen LogP contribution in [0, 0.1) is 6.92 Å². The summed E-state index contributed by atoms with van der Waals surface area (Å²) in [4.78, 5) is 36.8. The van der Waals surface area contributed by atoms with Crippen LogP contribution in [0.1, 0.15) is 34.3 Å². The molecule has 4 rings (SSSR count). The van der Waals surface area contributed by atoms with Crippen LogP contribution < -0.4 is 0 Å². The largest absolute Gasteiger partial charge is 0.465 e. The Labute approximate surface area is 184 Å². The van der Waals surface area contributed by atoms with Crippen LogP contribution in [0.2, 0.25) is 0 Å². The first-order chi connectivity index (χ1) is 14.5. The Balaban J connectivity index is 0.000000310. The molecule has 30 heavy (non-hydrogen) atoms. The molecule has 0 bridgehead atoms. The molecule has 2 fully saturated rings. The molecule has 6 nitrogen and oxygen atoms in total. The molecule has 2 saturated heterocycles. The number of hydrogen-bond donors (Lipinski definition) is 0. The molecule has 2 aliphatic rings. The van der Waals surface area contributed by atoms with E-state index in [0.29, 0.717) is 31.7 Å². The molecule has 0 spiro atoms. The number of halogens is 1. The molecule has 2 aromatic carbocycles. The van der Waals surface area contributed by atoms with Crippen molar-refractivity contribution in [1.29, 1.82) is 0 Å². The van der Waals surface area contributed by atoms with E-state index in [-0.39, 0.29) is 22.7 Å². The third kappa shape index (κ3) is 5.69. The zero-order valence-corrected chi connectivity index (χ0v) is 18.3. The Morgan fingerprint density at radius 2 is 1.60 bits per heavy atom. The van der Waals surface area contributed by atoms with Crippen molar-refractivity contribution in [2.45, 2.75) is 37.2 Å². The number of rotatable bonds is 4. The van der Waals surface area contributed by atoms with Crippen LogP contribution in [0.5, 0.6) is 0 Å². The highest BCUT2D eigenvalue weighted by Crippen LogP contribution is 2.20. The van der Waals surface area contributed by atoms with Crippen LogP contribution >= 0.6 is 15.9 Å². The van der Waals surface area contributed by atoms with Gasteiger partial charge in [-0.15, -0.1) is 0 Å². The van der Waals surface area contributed by atoms with Gasteiger partial charge in [0.05, 0.1) is 13.2 Å². The number of hydrogen-bond acceptors (Lipinski definition) is 5. The molecular formula is C23H24BrNO5. The van der Waals surface area contributed by atoms with Crippen molar-refractivity contribution in [3.63, 3.8) is 0 Å². The maximum Gasteiger partial charge on any atom is 0.329 e. The van der Waals surface area contributed by atoms with Gasteiger partial charge in [-0.3, -0.25) is 9.59 Å². The second kappa shape index (κ2) is 10.4. The molecule has 2 heterocycles. The van der Waals surface area contributed by atoms with Crippen molar-refractivity contribution in [1.82, 2.24) is 4.90 Å². The molecule has 158 valence electrons. The number of alkyl halides is 1. The van der Waals surface area contributed by atoms with Crippen molar-refractivity contribution in [3.05, 3.63) is 71.3 Å². The van der Waals surface area contributed by atoms with Gasteiger partial charge in [-0.1, -0.05) is 64.0 Å². The molecule has 2 atom stereocenters. The van der Waals surface area contributed by atoms with Gasteiger partial charge >= 0.3 is 11.9 Å². The second-order valence-electron chi connectivity index (χ2n) is 7.18. The number of benzene rings is 2. The number of ether oxygens (including phenoxy) is 2. The zero-order chi connectivity index (χ0) is 21.5. The fraction of sp³-hybridized carbons (Fsp3) is 0.348. The van der Waals surface area contributed by atoms with E-state index in [1.165, 1.54) is 0 Å². The van der Waals surface area contributed by atoms with E-state index in [0.717, 1.165) is 17.5 Å². The van der Waals surface area contributed by atoms with Crippen LogP contribution in [0.25, 0.3) is 0 Å². The average molecular weight is 474 g/mol. The van der Waals surface area contributed by atoms with E-state index in [9.17, 15) is 14.4 Å². The molecule has 0 aliphatic carbocycles. The van der Waals surface area contributed by atoms with Crippen molar-refractivity contribution >= 4 is 33.8 Å². The lowest BCUT2D eigenvalue weighted by Crippen LogP contribution is -2.42. The Hall–Kier alpha value is -2.67. The molecule has 0 N–H and O–H groups in total. The van der Waals surface area contributed by atoms with E-state index >= 15 is 0 Å². The van der Waals surface area contributed by atoms with Crippen LogP contribution in [-0.2, 0) is 25.6 Å². The van der Waals surface area contributed by atoms with Gasteiger partial charge in [0, 0.05) is 24.9 Å². The van der Waals surface area contributed by atoms with Gasteiger partial charge < -0.3 is 14.4 Å². The summed E-state index contributed by atoms with van der Waals surface area (Å²) >= 11 is 3.13. The Morgan fingerprint density at radius 1 is 0.967 bits per heavy atom. The Bertz CT molecular complexity index is 884. The molecule has 7 heteroatoms. The maximum absolute atomic E-state index is 12.9. The van der Waals surface area contributed by atoms with E-state index < -0.39 is 6.04 Å². The second-order valence-corrected chi connectivity index (χ2v) is 8.29. The van der Waals surface area contributed by atoms with Crippen LogP contribution in [0.4, 0.5) is 0 Å². The fourth-order valence-electron chi connectivity index (χ4n) is 3.21. The number of nitrogens with zero attached hydrogens (tertiary/aromatic N) is 1. The Kier molecular flexibility index (Phi) is 7.63. The van der Waals surface area contributed by atoms with Crippen molar-refractivity contribution in [2.24, 2.45) is 0 Å². The number of cyclic esters (lactones) is 2. The maximum atomic E-state index is 12.9. The van der Waals surface area contributed by atoms with Crippen molar-refractivity contribution < 1.29 is 23.9 Å². The fourth-order valence-corrected chi connectivity index (χ4v) is 3.52. The van der Waals surface area contributed by atoms with Crippen LogP contribution in [0.15, 0.2) is 54.6 Å². The van der Waals surface area contributed by atoms with Gasteiger partial charge in [-0.05, 0) is 24.6 Å². The summed E-state index contributed by atoms with van der Waals surface area (Å²) in [5.41, 5.74) is 2.68. The van der Waals surface area contributed by atoms with Crippen molar-refractivity contribution in [2.75, 3.05) is 13.2 Å². The summed E-state index contributed by atoms with van der Waals surface area (Å²) in [6.07, 6.45) is 1.36. The first-order valence-electron chi connectivity index (χ1n) is 9.84. The van der Waals surface area contributed by atoms with Gasteiger partial charge in [0.15, 0.2) is 0 Å². The zero-order valence-electron chi connectivity index (χ0n) is 16.8. The number of aryl methyl sites for hydroxylation is 1. The molecule has 0 saturated carbocycles. The summed E-state index contributed by atoms with van der Waals surface area (Å²) in [5.74, 6) is -0.584. The van der Waals surface area contributed by atoms with E-state index in [1.54, 1.807) is 17.0 Å². The van der Waals surface area contributed by atoms with Gasteiger partial charge in [0.25, 0.3) is 5.91 Å². The number of amides is 1. The normalized spacial score (nSPS) is 20.1. The third-order valence-electron chi connectivity index (χ3n) is 4.91. The first kappa shape index (κ1) is 22.0. The lowest BCUT2D eigenvalue weighted by molar-refractivity contribution is -0.142. The summed E-state index contributed by atoms with van der Waals surface area (Å²) < 4.78 is 9.64. The molecule has 2 aromatic rings. The minimum absolute atomic E-state index is 0.0347. The van der Waals surface area contributed by atoms with E-state index in [2.05, 4.69) is 20.7 Å². The predicted octanol–water partition coefficient (Wildman–Crippen LogP) is 3.65. The lowest BCUT2D eigenvalue weighted by atomic mass is 10.1. The summed E-state index contributed by atoms with van der Waals surface area (Å²) in [6.45, 7) is 3.32. The number of carbonyl (C=O) groups is 3. The summed E-state index contributed by atoms with van der Waals surface area (Å²) in [6, 6.07) is 16.6. The third-order valence-corrected chi connectivity index (χ3v) is 5.74. The highest BCUT2D eigenvalue weighted by molar-refractivity contribution is 9.10. The van der Waals surface area contributed by atoms with E-state index in [4.69, 9.17) is 4.74 Å². The van der Waals surface area contributed by atoms with Gasteiger partial charge in [-0.25, -0.2) is 4.79 Å². The van der Waals surface area contributed by atoms with Gasteiger partial charge in [0.2, 0.25) is 0 Å². The average Bonchev–Trinajstić information content (AvgIpc) is 3.35. The Morgan fingerprint density at radius 3 is 2.10 bits per heavy atom. The van der Waals surface area contributed by atoms with E-state index in [1.807, 2.05) is 49.4 Å². The summed E-state index contributed by atoms with van der Waals surface area (Å²) in [7, 11) is 0. The van der Waals surface area contributed by atoms with Crippen molar-refractivity contribution in [3.8, 4) is 0 Å². The monoisotopic (exact) mass is 473 g/mol. The highest BCUT2D eigenvalue weighted by atomic mass is 79.9. The molecule has 2 unspecified atom stereocenters. The summed E-state index contributed by atoms with van der Waals surface area (Å²) in [5, 5.41) is 0. The van der Waals surface area contributed by atoms with Crippen LogP contribution in [-0.4, -0.2) is 46.8 Å². The van der Waals surface area contributed by atoms with Gasteiger partial charge in [0.1, 0.15) is 10.9 Å².